The predicted octanol–water partition coefficient (Wildman–Crippen LogP) is 2.71. The van der Waals surface area contributed by atoms with Crippen molar-refractivity contribution in [3.05, 3.63) is 0 Å². The maximum Gasteiger partial charge on any atom is 0.317 e. The molecule has 3 unspecified atom stereocenters. The van der Waals surface area contributed by atoms with Crippen LogP contribution in [-0.2, 0) is 4.79 Å². The Morgan fingerprint density at radius 2 is 2.00 bits per heavy atom. The van der Waals surface area contributed by atoms with E-state index in [-0.39, 0.29) is 12.1 Å². The molecule has 0 aromatic rings. The van der Waals surface area contributed by atoms with Crippen molar-refractivity contribution in [3.63, 3.8) is 0 Å². The summed E-state index contributed by atoms with van der Waals surface area (Å²) in [6.07, 6.45) is 3.16. The van der Waals surface area contributed by atoms with Gasteiger partial charge in [-0.3, -0.25) is 4.79 Å². The Balaban J connectivity index is 2.52. The number of nitrogens with one attached hydrogen (secondary N) is 1. The molecule has 1 heterocycles. The van der Waals surface area contributed by atoms with Crippen molar-refractivity contribution in [3.8, 4) is 0 Å². The van der Waals surface area contributed by atoms with Crippen LogP contribution in [-0.4, -0.2) is 41.1 Å². The zero-order chi connectivity index (χ0) is 15.3. The van der Waals surface area contributed by atoms with Crippen LogP contribution < -0.4 is 5.32 Å². The van der Waals surface area contributed by atoms with Gasteiger partial charge in [0.1, 0.15) is 0 Å². The molecule has 3 atom stereocenters. The van der Waals surface area contributed by atoms with Crippen molar-refractivity contribution in [2.45, 2.75) is 59.4 Å². The molecule has 1 aliphatic heterocycles. The number of carbonyl (C=O) groups is 2. The topological polar surface area (TPSA) is 69.6 Å². The van der Waals surface area contributed by atoms with Gasteiger partial charge >= 0.3 is 12.0 Å². The molecule has 0 spiro atoms. The minimum atomic E-state index is -0.789. The van der Waals surface area contributed by atoms with Gasteiger partial charge < -0.3 is 15.3 Å². The molecule has 1 fully saturated rings. The summed E-state index contributed by atoms with van der Waals surface area (Å²) < 4.78 is 0. The molecule has 5 heteroatoms. The van der Waals surface area contributed by atoms with Crippen LogP contribution >= 0.6 is 0 Å². The number of aliphatic carboxylic acids is 1. The van der Waals surface area contributed by atoms with Crippen molar-refractivity contribution >= 4 is 12.0 Å². The third kappa shape index (κ3) is 3.87. The molecule has 1 rings (SSSR count). The molecule has 20 heavy (non-hydrogen) atoms. The average Bonchev–Trinajstić information content (AvgIpc) is 2.84. The minimum Gasteiger partial charge on any atom is -0.481 e. The van der Waals surface area contributed by atoms with Crippen LogP contribution in [0.4, 0.5) is 4.79 Å². The lowest BCUT2D eigenvalue weighted by Gasteiger charge is -2.25. The van der Waals surface area contributed by atoms with Gasteiger partial charge in [0.15, 0.2) is 0 Å². The Bertz CT molecular complexity index is 359. The zero-order valence-electron chi connectivity index (χ0n) is 13.1. The monoisotopic (exact) mass is 284 g/mol. The summed E-state index contributed by atoms with van der Waals surface area (Å²) >= 11 is 0. The molecule has 0 bridgehead atoms. The maximum atomic E-state index is 12.2. The van der Waals surface area contributed by atoms with Gasteiger partial charge in [0.05, 0.1) is 5.41 Å². The second-order valence-electron chi connectivity index (χ2n) is 6.21. The number of hydrogen-bond acceptors (Lipinski definition) is 2. The van der Waals surface area contributed by atoms with E-state index in [1.807, 2.05) is 13.8 Å². The average molecular weight is 284 g/mol. The van der Waals surface area contributed by atoms with Crippen LogP contribution in [0.15, 0.2) is 0 Å². The van der Waals surface area contributed by atoms with E-state index in [1.165, 1.54) is 0 Å². The van der Waals surface area contributed by atoms with E-state index in [1.54, 1.807) is 4.90 Å². The Morgan fingerprint density at radius 3 is 2.45 bits per heavy atom. The highest BCUT2D eigenvalue weighted by Gasteiger charge is 2.44. The molecular weight excluding hydrogens is 256 g/mol. The Morgan fingerprint density at radius 1 is 1.35 bits per heavy atom. The fourth-order valence-electron chi connectivity index (χ4n) is 2.79. The van der Waals surface area contributed by atoms with E-state index in [2.05, 4.69) is 19.2 Å². The van der Waals surface area contributed by atoms with Gasteiger partial charge in [0, 0.05) is 19.1 Å². The second kappa shape index (κ2) is 6.95. The second-order valence-corrected chi connectivity index (χ2v) is 6.21. The molecule has 1 aliphatic rings. The highest BCUT2D eigenvalue weighted by Crippen LogP contribution is 2.34. The van der Waals surface area contributed by atoms with Crippen LogP contribution in [0.1, 0.15) is 53.4 Å². The Kier molecular flexibility index (Phi) is 5.84. The van der Waals surface area contributed by atoms with Gasteiger partial charge in [-0.1, -0.05) is 27.2 Å². The number of carbonyl (C=O) groups excluding carboxylic acids is 1. The lowest BCUT2D eigenvalue weighted by Crippen LogP contribution is -2.45. The van der Waals surface area contributed by atoms with Crippen LogP contribution in [0.25, 0.3) is 0 Å². The highest BCUT2D eigenvalue weighted by atomic mass is 16.4. The number of rotatable bonds is 6. The Labute approximate surface area is 121 Å². The van der Waals surface area contributed by atoms with Crippen LogP contribution in [0.3, 0.4) is 0 Å². The molecule has 5 nitrogen and oxygen atoms in total. The first-order chi connectivity index (χ1) is 9.34. The number of nitrogens with zero attached hydrogens (tertiary/aromatic N) is 1. The fraction of sp³-hybridized carbons (Fsp3) is 0.867. The first-order valence-corrected chi connectivity index (χ1v) is 7.63. The van der Waals surface area contributed by atoms with Gasteiger partial charge in [-0.25, -0.2) is 4.79 Å². The summed E-state index contributed by atoms with van der Waals surface area (Å²) in [6.45, 7) is 9.04. The summed E-state index contributed by atoms with van der Waals surface area (Å²) in [5, 5.41) is 12.3. The SMILES string of the molecule is CCC(C)CC(C)NC(=O)N1CCC(CC)(C(=O)O)C1. The van der Waals surface area contributed by atoms with Crippen LogP contribution in [0.2, 0.25) is 0 Å². The molecule has 116 valence electrons. The summed E-state index contributed by atoms with van der Waals surface area (Å²) in [4.78, 5) is 25.2. The van der Waals surface area contributed by atoms with Crippen molar-refractivity contribution in [2.75, 3.05) is 13.1 Å². The summed E-state index contributed by atoms with van der Waals surface area (Å²) in [7, 11) is 0. The van der Waals surface area contributed by atoms with Gasteiger partial charge in [-0.2, -0.15) is 0 Å². The third-order valence-electron chi connectivity index (χ3n) is 4.59. The standard InChI is InChI=1S/C15H28N2O3/c1-5-11(3)9-12(4)16-14(20)17-8-7-15(6-2,10-17)13(18)19/h11-12H,5-10H2,1-4H3,(H,16,20)(H,18,19). The lowest BCUT2D eigenvalue weighted by molar-refractivity contribution is -0.148. The molecule has 2 N–H and O–H groups in total. The van der Waals surface area contributed by atoms with Gasteiger partial charge in [-0.15, -0.1) is 0 Å². The number of amides is 2. The van der Waals surface area contributed by atoms with Crippen LogP contribution in [0, 0.1) is 11.3 Å². The van der Waals surface area contributed by atoms with E-state index in [0.717, 1.165) is 12.8 Å². The fourth-order valence-corrected chi connectivity index (χ4v) is 2.79. The third-order valence-corrected chi connectivity index (χ3v) is 4.59. The van der Waals surface area contributed by atoms with Crippen LogP contribution in [0.5, 0.6) is 0 Å². The highest BCUT2D eigenvalue weighted by molar-refractivity contribution is 5.79. The maximum absolute atomic E-state index is 12.2. The van der Waals surface area contributed by atoms with Crippen molar-refractivity contribution in [1.82, 2.24) is 10.2 Å². The van der Waals surface area contributed by atoms with E-state index in [0.29, 0.717) is 31.8 Å². The van der Waals surface area contributed by atoms with Gasteiger partial charge in [-0.05, 0) is 32.1 Å². The van der Waals surface area contributed by atoms with E-state index < -0.39 is 11.4 Å². The molecule has 0 saturated carbocycles. The largest absolute Gasteiger partial charge is 0.481 e. The normalized spacial score (nSPS) is 25.3. The van der Waals surface area contributed by atoms with Crippen molar-refractivity contribution < 1.29 is 14.7 Å². The number of carboxylic acids is 1. The van der Waals surface area contributed by atoms with Gasteiger partial charge in [0.25, 0.3) is 0 Å². The zero-order valence-corrected chi connectivity index (χ0v) is 13.1. The predicted molar refractivity (Wildman–Crippen MR) is 78.6 cm³/mol. The Hall–Kier alpha value is -1.26. The molecule has 0 aromatic heterocycles. The van der Waals surface area contributed by atoms with Gasteiger partial charge in [0.2, 0.25) is 0 Å². The number of likely N-dealkylation sites (tertiary alicyclic amines) is 1. The smallest absolute Gasteiger partial charge is 0.317 e. The molecule has 0 radical (unpaired) electrons. The first-order valence-electron chi connectivity index (χ1n) is 7.63. The molecule has 2 amide bonds. The van der Waals surface area contributed by atoms with Crippen molar-refractivity contribution in [2.24, 2.45) is 11.3 Å². The number of urea groups is 1. The quantitative estimate of drug-likeness (QED) is 0.788. The summed E-state index contributed by atoms with van der Waals surface area (Å²) in [5.41, 5.74) is -0.753. The lowest BCUT2D eigenvalue weighted by atomic mass is 9.84. The molecule has 0 aliphatic carbocycles. The van der Waals surface area contributed by atoms with E-state index in [4.69, 9.17) is 0 Å². The van der Waals surface area contributed by atoms with E-state index in [9.17, 15) is 14.7 Å². The first kappa shape index (κ1) is 16.8. The number of hydrogen-bond donors (Lipinski definition) is 2. The summed E-state index contributed by atoms with van der Waals surface area (Å²) in [5.74, 6) is -0.208. The van der Waals surface area contributed by atoms with Crippen molar-refractivity contribution in [1.29, 1.82) is 0 Å². The minimum absolute atomic E-state index is 0.124. The molecule has 0 aromatic carbocycles. The summed E-state index contributed by atoms with van der Waals surface area (Å²) in [6, 6.07) is -0.00344. The number of carboxylic acid groups (broad SMARTS) is 1. The molecule has 1 saturated heterocycles. The van der Waals surface area contributed by atoms with E-state index >= 15 is 0 Å². The molecular formula is C15H28N2O3.